The summed E-state index contributed by atoms with van der Waals surface area (Å²) in [6, 6.07) is 0. The number of thiophene rings is 1. The van der Waals surface area contributed by atoms with Crippen LogP contribution in [-0.4, -0.2) is 19.5 Å². The van der Waals surface area contributed by atoms with E-state index in [1.807, 2.05) is 0 Å². The Balaban J connectivity index is 3.49. The van der Waals surface area contributed by atoms with Crippen molar-refractivity contribution in [3.8, 4) is 0 Å². The van der Waals surface area contributed by atoms with Crippen LogP contribution in [0.2, 0.25) is 5.02 Å². The van der Waals surface area contributed by atoms with Crippen molar-refractivity contribution in [1.29, 1.82) is 0 Å². The second-order valence-corrected chi connectivity index (χ2v) is 5.14. The van der Waals surface area contributed by atoms with Gasteiger partial charge in [0.2, 0.25) is 10.0 Å². The van der Waals surface area contributed by atoms with E-state index in [4.69, 9.17) is 21.8 Å². The molecule has 0 fully saturated rings. The fourth-order valence-corrected chi connectivity index (χ4v) is 2.95. The summed E-state index contributed by atoms with van der Waals surface area (Å²) < 4.78 is 21.2. The van der Waals surface area contributed by atoms with E-state index in [1.165, 1.54) is 5.38 Å². The number of carbonyl (C=O) groups is 1. The van der Waals surface area contributed by atoms with Gasteiger partial charge in [-0.2, -0.15) is 0 Å². The molecular weight excluding hydrogens is 238 g/mol. The van der Waals surface area contributed by atoms with Crippen LogP contribution in [0.25, 0.3) is 0 Å². The van der Waals surface area contributed by atoms with Gasteiger partial charge in [0.15, 0.2) is 4.21 Å². The Bertz CT molecular complexity index is 449. The second kappa shape index (κ2) is 3.26. The number of primary sulfonamides is 1. The molecule has 0 spiro atoms. The number of aromatic carboxylic acids is 1. The van der Waals surface area contributed by atoms with Crippen molar-refractivity contribution in [1.82, 2.24) is 0 Å². The number of rotatable bonds is 2. The average molecular weight is 242 g/mol. The van der Waals surface area contributed by atoms with Crippen LogP contribution in [0.3, 0.4) is 0 Å². The number of hydrogen-bond donors (Lipinski definition) is 2. The quantitative estimate of drug-likeness (QED) is 0.798. The third kappa shape index (κ3) is 1.99. The van der Waals surface area contributed by atoms with Crippen molar-refractivity contribution in [3.05, 3.63) is 16.0 Å². The molecule has 0 saturated carbocycles. The van der Waals surface area contributed by atoms with E-state index in [2.05, 4.69) is 0 Å². The van der Waals surface area contributed by atoms with Crippen molar-refractivity contribution in [2.45, 2.75) is 4.21 Å². The van der Waals surface area contributed by atoms with Gasteiger partial charge in [0.25, 0.3) is 0 Å². The zero-order chi connectivity index (χ0) is 10.2. The van der Waals surface area contributed by atoms with Crippen LogP contribution >= 0.6 is 22.9 Å². The Kier molecular flexibility index (Phi) is 2.62. The van der Waals surface area contributed by atoms with Crippen LogP contribution in [0, 0.1) is 0 Å². The number of halogens is 1. The third-order valence-corrected chi connectivity index (χ3v) is 4.09. The molecule has 0 aliphatic carbocycles. The molecule has 0 saturated heterocycles. The topological polar surface area (TPSA) is 97.5 Å². The van der Waals surface area contributed by atoms with Crippen molar-refractivity contribution in [2.75, 3.05) is 0 Å². The van der Waals surface area contributed by atoms with E-state index in [1.54, 1.807) is 0 Å². The van der Waals surface area contributed by atoms with Gasteiger partial charge in [0.1, 0.15) is 5.56 Å². The molecule has 0 radical (unpaired) electrons. The Morgan fingerprint density at radius 2 is 2.15 bits per heavy atom. The largest absolute Gasteiger partial charge is 0.478 e. The number of hydrogen-bond acceptors (Lipinski definition) is 4. The molecule has 1 heterocycles. The lowest BCUT2D eigenvalue weighted by Gasteiger charge is -1.95. The van der Waals surface area contributed by atoms with Crippen molar-refractivity contribution in [3.63, 3.8) is 0 Å². The molecule has 8 heteroatoms. The third-order valence-electron chi connectivity index (χ3n) is 1.18. The highest BCUT2D eigenvalue weighted by atomic mass is 35.5. The lowest BCUT2D eigenvalue weighted by Crippen LogP contribution is -2.14. The minimum atomic E-state index is -4.00. The Labute approximate surface area is 82.8 Å². The fraction of sp³-hybridized carbons (Fsp3) is 0. The van der Waals surface area contributed by atoms with Crippen LogP contribution in [0.5, 0.6) is 0 Å². The summed E-state index contributed by atoms with van der Waals surface area (Å²) in [6.07, 6.45) is 0. The molecule has 13 heavy (non-hydrogen) atoms. The fourth-order valence-electron chi connectivity index (χ4n) is 0.719. The maximum absolute atomic E-state index is 10.8. The van der Waals surface area contributed by atoms with E-state index >= 15 is 0 Å². The molecule has 72 valence electrons. The van der Waals surface area contributed by atoms with Gasteiger partial charge in [0.05, 0.1) is 5.02 Å². The maximum Gasteiger partial charge on any atom is 0.339 e. The minimum Gasteiger partial charge on any atom is -0.478 e. The number of sulfonamides is 1. The predicted molar refractivity (Wildman–Crippen MR) is 47.7 cm³/mol. The summed E-state index contributed by atoms with van der Waals surface area (Å²) in [4.78, 5) is 10.6. The van der Waals surface area contributed by atoms with Crippen LogP contribution in [-0.2, 0) is 10.0 Å². The molecule has 0 amide bonds. The number of carboxylic acids is 1. The first-order chi connectivity index (χ1) is 5.84. The Hall–Kier alpha value is -0.630. The van der Waals surface area contributed by atoms with Gasteiger partial charge < -0.3 is 5.11 Å². The minimum absolute atomic E-state index is 0.124. The molecule has 0 atom stereocenters. The molecular formula is C5H4ClNO4S2. The molecule has 1 aromatic rings. The lowest BCUT2D eigenvalue weighted by molar-refractivity contribution is 0.0694. The summed E-state index contributed by atoms with van der Waals surface area (Å²) in [5.74, 6) is -1.41. The number of carboxylic acid groups (broad SMARTS) is 1. The Morgan fingerprint density at radius 3 is 2.46 bits per heavy atom. The van der Waals surface area contributed by atoms with Crippen LogP contribution < -0.4 is 5.14 Å². The van der Waals surface area contributed by atoms with Gasteiger partial charge in [-0.1, -0.05) is 11.6 Å². The van der Waals surface area contributed by atoms with Crippen molar-refractivity contribution >= 4 is 38.9 Å². The summed E-state index contributed by atoms with van der Waals surface area (Å²) in [5.41, 5.74) is -0.464. The zero-order valence-electron chi connectivity index (χ0n) is 6.02. The van der Waals surface area contributed by atoms with E-state index < -0.39 is 25.8 Å². The molecule has 5 nitrogen and oxygen atoms in total. The van der Waals surface area contributed by atoms with E-state index in [0.29, 0.717) is 11.3 Å². The Morgan fingerprint density at radius 1 is 1.62 bits per heavy atom. The molecule has 0 aromatic carbocycles. The molecule has 0 aliphatic rings. The highest BCUT2D eigenvalue weighted by Crippen LogP contribution is 2.29. The maximum atomic E-state index is 10.8. The summed E-state index contributed by atoms with van der Waals surface area (Å²) in [5, 5.41) is 14.5. The first-order valence-corrected chi connectivity index (χ1v) is 5.67. The molecule has 3 N–H and O–H groups in total. The summed E-state index contributed by atoms with van der Waals surface area (Å²) in [7, 11) is -4.00. The molecule has 1 rings (SSSR count). The van der Waals surface area contributed by atoms with Gasteiger partial charge in [-0.15, -0.1) is 11.3 Å². The van der Waals surface area contributed by atoms with Gasteiger partial charge in [-0.05, 0) is 0 Å². The normalized spacial score (nSPS) is 11.5. The lowest BCUT2D eigenvalue weighted by atomic mass is 10.3. The van der Waals surface area contributed by atoms with Gasteiger partial charge in [-0.25, -0.2) is 18.4 Å². The molecule has 0 unspecified atom stereocenters. The predicted octanol–water partition coefficient (Wildman–Crippen LogP) is 0.747. The number of nitrogens with two attached hydrogens (primary N) is 1. The SMILES string of the molecule is NS(=O)(=O)c1scc(Cl)c1C(=O)O. The summed E-state index contributed by atoms with van der Waals surface area (Å²) >= 11 is 6.14. The standard InChI is InChI=1S/C5H4ClNO4S2/c6-2-1-12-5(13(7,10)11)3(2)4(8)9/h1H,(H,8,9)(H2,7,10,11). The van der Waals surface area contributed by atoms with Crippen molar-refractivity contribution < 1.29 is 18.3 Å². The highest BCUT2D eigenvalue weighted by Gasteiger charge is 2.24. The smallest absolute Gasteiger partial charge is 0.339 e. The van der Waals surface area contributed by atoms with Gasteiger partial charge >= 0.3 is 5.97 Å². The first-order valence-electron chi connectivity index (χ1n) is 2.87. The molecule has 0 aliphatic heterocycles. The van der Waals surface area contributed by atoms with Gasteiger partial charge in [-0.3, -0.25) is 0 Å². The zero-order valence-corrected chi connectivity index (χ0v) is 8.41. The second-order valence-electron chi connectivity index (χ2n) is 2.10. The molecule has 1 aromatic heterocycles. The van der Waals surface area contributed by atoms with Crippen molar-refractivity contribution in [2.24, 2.45) is 5.14 Å². The van der Waals surface area contributed by atoms with E-state index in [0.717, 1.165) is 0 Å². The van der Waals surface area contributed by atoms with E-state index in [9.17, 15) is 13.2 Å². The summed E-state index contributed by atoms with van der Waals surface area (Å²) in [6.45, 7) is 0. The first kappa shape index (κ1) is 10.5. The van der Waals surface area contributed by atoms with Crippen LogP contribution in [0.4, 0.5) is 0 Å². The monoisotopic (exact) mass is 241 g/mol. The van der Waals surface area contributed by atoms with Gasteiger partial charge in [0, 0.05) is 5.38 Å². The average Bonchev–Trinajstić information content (AvgIpc) is 2.28. The molecule has 0 bridgehead atoms. The highest BCUT2D eigenvalue weighted by molar-refractivity contribution is 7.91. The van der Waals surface area contributed by atoms with Crippen LogP contribution in [0.1, 0.15) is 10.4 Å². The van der Waals surface area contributed by atoms with Crippen LogP contribution in [0.15, 0.2) is 9.59 Å². The van der Waals surface area contributed by atoms with E-state index in [-0.39, 0.29) is 5.02 Å².